The van der Waals surface area contributed by atoms with E-state index in [4.69, 9.17) is 10.5 Å². The number of aromatic nitrogens is 2. The van der Waals surface area contributed by atoms with Crippen molar-refractivity contribution in [3.05, 3.63) is 11.3 Å². The van der Waals surface area contributed by atoms with Gasteiger partial charge in [-0.2, -0.15) is 5.10 Å². The van der Waals surface area contributed by atoms with Gasteiger partial charge >= 0.3 is 0 Å². The van der Waals surface area contributed by atoms with Gasteiger partial charge in [0.15, 0.2) is 5.82 Å². The fourth-order valence-corrected chi connectivity index (χ4v) is 2.66. The highest BCUT2D eigenvalue weighted by atomic mass is 16.5. The summed E-state index contributed by atoms with van der Waals surface area (Å²) in [5.41, 5.74) is 6.95. The number of anilines is 1. The summed E-state index contributed by atoms with van der Waals surface area (Å²) in [5.74, 6) is 0.250. The molecular formula is C11H16N4O2. The Morgan fingerprint density at radius 1 is 1.47 bits per heavy atom. The lowest BCUT2D eigenvalue weighted by Gasteiger charge is -2.32. The number of rotatable bonds is 1. The van der Waals surface area contributed by atoms with Gasteiger partial charge in [0.25, 0.3) is 5.91 Å². The molecule has 1 amide bonds. The highest BCUT2D eigenvalue weighted by Crippen LogP contribution is 2.28. The van der Waals surface area contributed by atoms with Crippen LogP contribution in [0.15, 0.2) is 0 Å². The minimum Gasteiger partial charge on any atom is -0.382 e. The molecule has 1 aromatic heterocycles. The number of ether oxygens (including phenoxy) is 1. The van der Waals surface area contributed by atoms with Crippen LogP contribution in [0.4, 0.5) is 5.82 Å². The van der Waals surface area contributed by atoms with Crippen LogP contribution >= 0.6 is 0 Å². The summed E-state index contributed by atoms with van der Waals surface area (Å²) in [6, 6.07) is 0. The summed E-state index contributed by atoms with van der Waals surface area (Å²) in [5, 5.41) is 6.60. The maximum absolute atomic E-state index is 12.4. The normalized spacial score (nSPS) is 27.5. The first-order chi connectivity index (χ1) is 8.15. The Kier molecular flexibility index (Phi) is 2.32. The molecule has 0 radical (unpaired) electrons. The molecule has 2 fully saturated rings. The number of aryl methyl sites for hydroxylation is 1. The largest absolute Gasteiger partial charge is 0.382 e. The third-order valence-electron chi connectivity index (χ3n) is 3.52. The maximum atomic E-state index is 12.4. The molecule has 3 N–H and O–H groups in total. The van der Waals surface area contributed by atoms with Crippen LogP contribution in [0.1, 0.15) is 28.9 Å². The number of fused-ring (bicyclic) bond motifs is 2. The first kappa shape index (κ1) is 10.6. The molecule has 2 atom stereocenters. The molecule has 6 nitrogen and oxygen atoms in total. The molecular weight excluding hydrogens is 220 g/mol. The zero-order valence-corrected chi connectivity index (χ0v) is 9.77. The van der Waals surface area contributed by atoms with Crippen molar-refractivity contribution < 1.29 is 9.53 Å². The van der Waals surface area contributed by atoms with Crippen molar-refractivity contribution in [3.8, 4) is 0 Å². The lowest BCUT2D eigenvalue weighted by Crippen LogP contribution is -2.46. The summed E-state index contributed by atoms with van der Waals surface area (Å²) in [6.45, 7) is 3.14. The van der Waals surface area contributed by atoms with Gasteiger partial charge in [-0.05, 0) is 19.8 Å². The van der Waals surface area contributed by atoms with Crippen LogP contribution in [0, 0.1) is 6.92 Å². The molecule has 2 unspecified atom stereocenters. The third kappa shape index (κ3) is 1.68. The number of nitrogen functional groups attached to an aromatic ring is 1. The molecule has 0 spiro atoms. The number of nitrogens with one attached hydrogen (secondary N) is 1. The average Bonchev–Trinajstić information content (AvgIpc) is 2.81. The van der Waals surface area contributed by atoms with E-state index in [2.05, 4.69) is 10.2 Å². The maximum Gasteiger partial charge on any atom is 0.259 e. The monoisotopic (exact) mass is 236 g/mol. The average molecular weight is 236 g/mol. The van der Waals surface area contributed by atoms with Crippen molar-refractivity contribution in [1.29, 1.82) is 0 Å². The SMILES string of the molecule is Cc1[nH]nc(N)c1C(=O)N1CC2CCC(C1)O2. The fraction of sp³-hybridized carbons (Fsp3) is 0.636. The van der Waals surface area contributed by atoms with Crippen molar-refractivity contribution in [2.45, 2.75) is 32.0 Å². The number of H-pyrrole nitrogens is 1. The Balaban J connectivity index is 1.83. The summed E-state index contributed by atoms with van der Waals surface area (Å²) in [4.78, 5) is 14.2. The summed E-state index contributed by atoms with van der Waals surface area (Å²) >= 11 is 0. The van der Waals surface area contributed by atoms with Gasteiger partial charge in [-0.1, -0.05) is 0 Å². The number of likely N-dealkylation sites (tertiary alicyclic amines) is 1. The summed E-state index contributed by atoms with van der Waals surface area (Å²) < 4.78 is 5.71. The zero-order valence-electron chi connectivity index (χ0n) is 9.77. The van der Waals surface area contributed by atoms with Crippen LogP contribution in [0.5, 0.6) is 0 Å². The van der Waals surface area contributed by atoms with Crippen LogP contribution in [0.25, 0.3) is 0 Å². The van der Waals surface area contributed by atoms with Crippen molar-refractivity contribution in [1.82, 2.24) is 15.1 Å². The molecule has 0 aromatic carbocycles. The van der Waals surface area contributed by atoms with Gasteiger partial charge in [-0.3, -0.25) is 9.89 Å². The van der Waals surface area contributed by atoms with Crippen LogP contribution in [0.2, 0.25) is 0 Å². The molecule has 0 saturated carbocycles. The molecule has 2 aliphatic heterocycles. The molecule has 3 heterocycles. The molecule has 92 valence electrons. The van der Waals surface area contributed by atoms with E-state index in [1.54, 1.807) is 0 Å². The Morgan fingerprint density at radius 3 is 2.65 bits per heavy atom. The number of hydrogen-bond donors (Lipinski definition) is 2. The Morgan fingerprint density at radius 2 is 2.12 bits per heavy atom. The van der Waals surface area contributed by atoms with Crippen molar-refractivity contribution in [3.63, 3.8) is 0 Å². The molecule has 2 saturated heterocycles. The van der Waals surface area contributed by atoms with E-state index < -0.39 is 0 Å². The van der Waals surface area contributed by atoms with E-state index >= 15 is 0 Å². The Hall–Kier alpha value is -1.56. The summed E-state index contributed by atoms with van der Waals surface area (Å²) in [7, 11) is 0. The first-order valence-corrected chi connectivity index (χ1v) is 5.90. The third-order valence-corrected chi connectivity index (χ3v) is 3.52. The van der Waals surface area contributed by atoms with E-state index in [0.717, 1.165) is 18.5 Å². The highest BCUT2D eigenvalue weighted by Gasteiger charge is 2.37. The minimum atomic E-state index is -0.0334. The summed E-state index contributed by atoms with van der Waals surface area (Å²) in [6.07, 6.45) is 2.50. The zero-order chi connectivity index (χ0) is 12.0. The molecule has 3 rings (SSSR count). The second-order valence-corrected chi connectivity index (χ2v) is 4.78. The van der Waals surface area contributed by atoms with Crippen LogP contribution in [-0.4, -0.2) is 46.3 Å². The van der Waals surface area contributed by atoms with E-state index in [1.807, 2.05) is 11.8 Å². The topological polar surface area (TPSA) is 84.2 Å². The molecule has 0 aliphatic carbocycles. The van der Waals surface area contributed by atoms with Crippen molar-refractivity contribution in [2.75, 3.05) is 18.8 Å². The number of carbonyl (C=O) groups is 1. The number of carbonyl (C=O) groups excluding carboxylic acids is 1. The van der Waals surface area contributed by atoms with E-state index in [9.17, 15) is 4.79 Å². The number of aromatic amines is 1. The number of nitrogens with zero attached hydrogens (tertiary/aromatic N) is 2. The van der Waals surface area contributed by atoms with Gasteiger partial charge in [0.05, 0.1) is 12.2 Å². The van der Waals surface area contributed by atoms with Gasteiger partial charge in [-0.25, -0.2) is 0 Å². The molecule has 2 bridgehead atoms. The number of morpholine rings is 1. The smallest absolute Gasteiger partial charge is 0.259 e. The second-order valence-electron chi connectivity index (χ2n) is 4.78. The van der Waals surface area contributed by atoms with Gasteiger partial charge in [-0.15, -0.1) is 0 Å². The second kappa shape index (κ2) is 3.73. The molecule has 6 heteroatoms. The Bertz CT molecular complexity index is 425. The quantitative estimate of drug-likeness (QED) is 0.734. The fourth-order valence-electron chi connectivity index (χ4n) is 2.66. The van der Waals surface area contributed by atoms with E-state index in [-0.39, 0.29) is 23.9 Å². The van der Waals surface area contributed by atoms with Gasteiger partial charge in [0.1, 0.15) is 5.56 Å². The highest BCUT2D eigenvalue weighted by molar-refractivity contribution is 5.99. The predicted octanol–water partition coefficient (Wildman–Crippen LogP) is 0.304. The number of hydrogen-bond acceptors (Lipinski definition) is 4. The molecule has 17 heavy (non-hydrogen) atoms. The lowest BCUT2D eigenvalue weighted by molar-refractivity contribution is -0.0303. The van der Waals surface area contributed by atoms with Gasteiger partial charge in [0, 0.05) is 18.8 Å². The minimum absolute atomic E-state index is 0.0334. The van der Waals surface area contributed by atoms with E-state index in [0.29, 0.717) is 18.7 Å². The number of nitrogens with two attached hydrogens (primary N) is 1. The van der Waals surface area contributed by atoms with Gasteiger partial charge in [0.2, 0.25) is 0 Å². The van der Waals surface area contributed by atoms with Crippen LogP contribution < -0.4 is 5.73 Å². The van der Waals surface area contributed by atoms with Crippen LogP contribution in [0.3, 0.4) is 0 Å². The standard InChI is InChI=1S/C11H16N4O2/c1-6-9(10(12)14-13-6)11(16)15-4-7-2-3-8(5-15)17-7/h7-8H,2-5H2,1H3,(H3,12,13,14). The van der Waals surface area contributed by atoms with Gasteiger partial charge < -0.3 is 15.4 Å². The molecule has 1 aromatic rings. The van der Waals surface area contributed by atoms with Crippen molar-refractivity contribution >= 4 is 11.7 Å². The van der Waals surface area contributed by atoms with Crippen molar-refractivity contribution in [2.24, 2.45) is 0 Å². The van der Waals surface area contributed by atoms with Crippen LogP contribution in [-0.2, 0) is 4.74 Å². The first-order valence-electron chi connectivity index (χ1n) is 5.90. The molecule has 2 aliphatic rings. The number of amides is 1. The lowest BCUT2D eigenvalue weighted by atomic mass is 10.2. The Labute approximate surface area is 99.1 Å². The predicted molar refractivity (Wildman–Crippen MR) is 61.5 cm³/mol. The van der Waals surface area contributed by atoms with E-state index in [1.165, 1.54) is 0 Å².